The van der Waals surface area contributed by atoms with Crippen molar-refractivity contribution in [2.75, 3.05) is 0 Å². The van der Waals surface area contributed by atoms with Gasteiger partial charge >= 0.3 is 0 Å². The third-order valence-corrected chi connectivity index (χ3v) is 6.92. The fourth-order valence-corrected chi connectivity index (χ4v) is 5.11. The van der Waals surface area contributed by atoms with Crippen molar-refractivity contribution in [3.63, 3.8) is 0 Å². The van der Waals surface area contributed by atoms with Crippen LogP contribution in [0.2, 0.25) is 0 Å². The van der Waals surface area contributed by atoms with E-state index in [0.29, 0.717) is 65.4 Å². The van der Waals surface area contributed by atoms with Gasteiger partial charge < -0.3 is 0 Å². The zero-order valence-corrected chi connectivity index (χ0v) is 20.8. The standard InChI is InChI=1S/C30H6N12/c31-7-25-26(8-32)38-20-2-14-13(1-19(20)37-25)15-3-21-22(40-28(10-34)27(9-33)39-21)5-17(15)18-6-24-23(4-16(14)18)41-29(11-35)30(12-36)42-24/h1-6H. The van der Waals surface area contributed by atoms with Crippen LogP contribution in [0.5, 0.6) is 0 Å². The maximum Gasteiger partial charge on any atom is 0.177 e. The highest BCUT2D eigenvalue weighted by molar-refractivity contribution is 6.29. The number of nitrogens with zero attached hydrogens (tertiary/aromatic N) is 12. The predicted molar refractivity (Wildman–Crippen MR) is 147 cm³/mol. The molecule has 0 aliphatic heterocycles. The first-order chi connectivity index (χ1) is 20.5. The monoisotopic (exact) mass is 534 g/mol. The van der Waals surface area contributed by atoms with E-state index < -0.39 is 0 Å². The molecule has 3 heterocycles. The van der Waals surface area contributed by atoms with E-state index >= 15 is 0 Å². The molecule has 0 atom stereocenters. The summed E-state index contributed by atoms with van der Waals surface area (Å²) in [5.41, 5.74) is 1.67. The summed E-state index contributed by atoms with van der Waals surface area (Å²) in [5.74, 6) is 0. The lowest BCUT2D eigenvalue weighted by atomic mass is 9.92. The van der Waals surface area contributed by atoms with Gasteiger partial charge in [0.05, 0.1) is 33.1 Å². The van der Waals surface area contributed by atoms with E-state index in [4.69, 9.17) is 0 Å². The molecular formula is C30H6N12. The molecule has 7 aromatic rings. The van der Waals surface area contributed by atoms with E-state index in [1.807, 2.05) is 36.4 Å². The molecule has 42 heavy (non-hydrogen) atoms. The van der Waals surface area contributed by atoms with Crippen LogP contribution in [0.25, 0.3) is 65.4 Å². The Morgan fingerprint density at radius 1 is 0.286 bits per heavy atom. The van der Waals surface area contributed by atoms with Crippen molar-refractivity contribution in [1.82, 2.24) is 29.9 Å². The second-order valence-electron chi connectivity index (χ2n) is 9.09. The van der Waals surface area contributed by atoms with Crippen molar-refractivity contribution in [3.05, 3.63) is 70.6 Å². The van der Waals surface area contributed by atoms with Crippen LogP contribution in [-0.4, -0.2) is 29.9 Å². The van der Waals surface area contributed by atoms with Crippen molar-refractivity contribution in [2.24, 2.45) is 0 Å². The van der Waals surface area contributed by atoms with Gasteiger partial charge in [0.15, 0.2) is 34.2 Å². The lowest BCUT2D eigenvalue weighted by Crippen LogP contribution is -1.98. The molecule has 0 saturated heterocycles. The highest BCUT2D eigenvalue weighted by Gasteiger charge is 2.18. The molecule has 0 aliphatic carbocycles. The summed E-state index contributed by atoms with van der Waals surface area (Å²) in [6, 6.07) is 22.0. The zero-order valence-electron chi connectivity index (χ0n) is 20.8. The molecule has 0 aliphatic rings. The smallest absolute Gasteiger partial charge is 0.177 e. The highest BCUT2D eigenvalue weighted by Crippen LogP contribution is 2.39. The van der Waals surface area contributed by atoms with E-state index in [-0.39, 0.29) is 34.2 Å². The number of fused-ring (bicyclic) bond motifs is 9. The minimum Gasteiger partial charge on any atom is -0.232 e. The number of rotatable bonds is 0. The van der Waals surface area contributed by atoms with Gasteiger partial charge in [0.1, 0.15) is 36.4 Å². The Labute approximate surface area is 233 Å². The van der Waals surface area contributed by atoms with Crippen molar-refractivity contribution in [1.29, 1.82) is 31.6 Å². The molecule has 0 N–H and O–H groups in total. The van der Waals surface area contributed by atoms with Crippen molar-refractivity contribution < 1.29 is 0 Å². The van der Waals surface area contributed by atoms with Crippen LogP contribution in [0.1, 0.15) is 34.2 Å². The summed E-state index contributed by atoms with van der Waals surface area (Å²) in [6.45, 7) is 0. The van der Waals surface area contributed by atoms with Crippen LogP contribution in [0.4, 0.5) is 0 Å². The van der Waals surface area contributed by atoms with Crippen LogP contribution in [0.15, 0.2) is 36.4 Å². The molecule has 0 amide bonds. The first-order valence-corrected chi connectivity index (χ1v) is 12.0. The van der Waals surface area contributed by atoms with Gasteiger partial charge in [-0.2, -0.15) is 31.6 Å². The molecule has 0 radical (unpaired) electrons. The first-order valence-electron chi connectivity index (χ1n) is 12.0. The third-order valence-electron chi connectivity index (χ3n) is 6.92. The van der Waals surface area contributed by atoms with Crippen molar-refractivity contribution >= 4 is 65.4 Å². The second kappa shape index (κ2) is 8.57. The number of nitriles is 6. The molecule has 12 nitrogen and oxygen atoms in total. The van der Waals surface area contributed by atoms with E-state index in [1.165, 1.54) is 0 Å². The number of hydrogen-bond acceptors (Lipinski definition) is 12. The predicted octanol–water partition coefficient (Wildman–Crippen LogP) is 4.21. The summed E-state index contributed by atoms with van der Waals surface area (Å²) in [4.78, 5) is 26.2. The van der Waals surface area contributed by atoms with Crippen LogP contribution in [0.3, 0.4) is 0 Å². The largest absolute Gasteiger partial charge is 0.232 e. The lowest BCUT2D eigenvalue weighted by molar-refractivity contribution is 1.20. The summed E-state index contributed by atoms with van der Waals surface area (Å²) in [6.07, 6.45) is 0. The van der Waals surface area contributed by atoms with Gasteiger partial charge in [-0.1, -0.05) is 0 Å². The molecule has 3 aromatic heterocycles. The zero-order chi connectivity index (χ0) is 29.1. The molecular weight excluding hydrogens is 528 g/mol. The summed E-state index contributed by atoms with van der Waals surface area (Å²) in [5, 5.41) is 61.2. The minimum absolute atomic E-state index is 0.105. The minimum atomic E-state index is -0.105. The Morgan fingerprint density at radius 3 is 0.548 bits per heavy atom. The van der Waals surface area contributed by atoms with Crippen molar-refractivity contribution in [2.45, 2.75) is 0 Å². The molecule has 12 heteroatoms. The molecule has 7 rings (SSSR count). The second-order valence-corrected chi connectivity index (χ2v) is 9.09. The van der Waals surface area contributed by atoms with E-state index in [2.05, 4.69) is 29.9 Å². The fraction of sp³-hybridized carbons (Fsp3) is 0. The quantitative estimate of drug-likeness (QED) is 0.197. The van der Waals surface area contributed by atoms with Crippen molar-refractivity contribution in [3.8, 4) is 36.4 Å². The lowest BCUT2D eigenvalue weighted by Gasteiger charge is -2.13. The number of benzene rings is 4. The Bertz CT molecular complexity index is 2190. The van der Waals surface area contributed by atoms with E-state index in [1.54, 1.807) is 36.4 Å². The fourth-order valence-electron chi connectivity index (χ4n) is 5.11. The average molecular weight is 534 g/mol. The number of aromatic nitrogens is 6. The maximum absolute atomic E-state index is 9.50. The van der Waals surface area contributed by atoms with Crippen LogP contribution in [-0.2, 0) is 0 Å². The Balaban J connectivity index is 1.74. The first kappa shape index (κ1) is 23.7. The van der Waals surface area contributed by atoms with E-state index in [9.17, 15) is 31.6 Å². The topological polar surface area (TPSA) is 220 Å². The van der Waals surface area contributed by atoms with Gasteiger partial charge in [-0.05, 0) is 68.7 Å². The summed E-state index contributed by atoms with van der Waals surface area (Å²) in [7, 11) is 0. The average Bonchev–Trinajstić information content (AvgIpc) is 3.03. The van der Waals surface area contributed by atoms with Crippen LogP contribution < -0.4 is 0 Å². The van der Waals surface area contributed by atoms with Gasteiger partial charge in [0, 0.05) is 0 Å². The third kappa shape index (κ3) is 3.22. The Kier molecular flexibility index (Phi) is 4.84. The SMILES string of the molecule is N#Cc1nc2cc3c4cc5nc(C#N)c(C#N)nc5cc4c4cc5nc(C#N)c(C#N)nc5cc4c3cc2nc1C#N. The van der Waals surface area contributed by atoms with Gasteiger partial charge in [-0.15, -0.1) is 0 Å². The molecule has 0 bridgehead atoms. The van der Waals surface area contributed by atoms with E-state index in [0.717, 1.165) is 0 Å². The van der Waals surface area contributed by atoms with Gasteiger partial charge in [0.25, 0.3) is 0 Å². The van der Waals surface area contributed by atoms with Gasteiger partial charge in [-0.3, -0.25) is 0 Å². The number of hydrogen-bond donors (Lipinski definition) is 0. The highest BCUT2D eigenvalue weighted by atomic mass is 14.8. The Hall–Kier alpha value is -7.38. The normalized spacial score (nSPS) is 10.7. The maximum atomic E-state index is 9.50. The molecule has 0 saturated carbocycles. The summed E-state index contributed by atoms with van der Waals surface area (Å²) >= 11 is 0. The molecule has 0 unspecified atom stereocenters. The molecule has 4 aromatic carbocycles. The van der Waals surface area contributed by atoms with Crippen LogP contribution in [0, 0.1) is 68.0 Å². The van der Waals surface area contributed by atoms with Gasteiger partial charge in [-0.25, -0.2) is 29.9 Å². The Morgan fingerprint density at radius 2 is 0.429 bits per heavy atom. The molecule has 0 fully saturated rings. The molecule has 186 valence electrons. The summed E-state index contributed by atoms with van der Waals surface area (Å²) < 4.78 is 0. The van der Waals surface area contributed by atoms with Gasteiger partial charge in [0.2, 0.25) is 0 Å². The molecule has 0 spiro atoms. The van der Waals surface area contributed by atoms with Crippen LogP contribution >= 0.6 is 0 Å².